The average Bonchev–Trinajstić information content (AvgIpc) is 2.75. The summed E-state index contributed by atoms with van der Waals surface area (Å²) in [5, 5.41) is 8.91. The summed E-state index contributed by atoms with van der Waals surface area (Å²) in [5.74, 6) is 0. The fourth-order valence-corrected chi connectivity index (χ4v) is 2.44. The number of rotatable bonds is 4. The molecule has 2 unspecified atom stereocenters. The Bertz CT molecular complexity index is 207. The van der Waals surface area contributed by atoms with Crippen molar-refractivity contribution < 1.29 is 19.3 Å². The lowest BCUT2D eigenvalue weighted by atomic mass is 10.1. The Morgan fingerprint density at radius 2 is 1.50 bits per heavy atom. The van der Waals surface area contributed by atoms with Crippen molar-refractivity contribution in [1.29, 1.82) is 0 Å². The topological polar surface area (TPSA) is 47.9 Å². The third-order valence-corrected chi connectivity index (χ3v) is 3.56. The lowest BCUT2D eigenvalue weighted by molar-refractivity contribution is -0.167. The SMILES string of the molecule is CCC.OCC1COC(COC2CCCCCC2)CO1. The zero-order valence-electron chi connectivity index (χ0n) is 13.2. The Balaban J connectivity index is 0.000000612. The van der Waals surface area contributed by atoms with Gasteiger partial charge in [-0.1, -0.05) is 46.0 Å². The van der Waals surface area contributed by atoms with Crippen LogP contribution in [-0.4, -0.2) is 49.8 Å². The Morgan fingerprint density at radius 3 is 2.00 bits per heavy atom. The molecular weight excluding hydrogens is 256 g/mol. The smallest absolute Gasteiger partial charge is 0.104 e. The molecule has 120 valence electrons. The first kappa shape index (κ1) is 17.9. The van der Waals surface area contributed by atoms with E-state index in [1.807, 2.05) is 0 Å². The van der Waals surface area contributed by atoms with Gasteiger partial charge in [-0.2, -0.15) is 0 Å². The second-order valence-electron chi connectivity index (χ2n) is 5.75. The Hall–Kier alpha value is -0.160. The molecule has 1 aliphatic heterocycles. The van der Waals surface area contributed by atoms with E-state index in [4.69, 9.17) is 19.3 Å². The molecule has 0 aromatic heterocycles. The van der Waals surface area contributed by atoms with Crippen molar-refractivity contribution in [3.63, 3.8) is 0 Å². The van der Waals surface area contributed by atoms with Crippen LogP contribution < -0.4 is 0 Å². The summed E-state index contributed by atoms with van der Waals surface area (Å²) in [7, 11) is 0. The van der Waals surface area contributed by atoms with E-state index in [2.05, 4.69) is 13.8 Å². The zero-order chi connectivity index (χ0) is 14.6. The molecule has 4 heteroatoms. The maximum absolute atomic E-state index is 8.91. The highest BCUT2D eigenvalue weighted by atomic mass is 16.6. The highest BCUT2D eigenvalue weighted by molar-refractivity contribution is 4.69. The number of ether oxygens (including phenoxy) is 3. The van der Waals surface area contributed by atoms with Crippen molar-refractivity contribution in [2.75, 3.05) is 26.4 Å². The molecule has 2 atom stereocenters. The van der Waals surface area contributed by atoms with E-state index >= 15 is 0 Å². The maximum atomic E-state index is 8.91. The fourth-order valence-electron chi connectivity index (χ4n) is 2.44. The third kappa shape index (κ3) is 7.58. The molecule has 1 aliphatic carbocycles. The summed E-state index contributed by atoms with van der Waals surface area (Å²) in [4.78, 5) is 0. The van der Waals surface area contributed by atoms with Crippen molar-refractivity contribution in [1.82, 2.24) is 0 Å². The van der Waals surface area contributed by atoms with Gasteiger partial charge in [0, 0.05) is 0 Å². The molecule has 1 saturated carbocycles. The minimum absolute atomic E-state index is 0.0379. The molecule has 0 aromatic rings. The number of aliphatic hydroxyl groups excluding tert-OH is 1. The van der Waals surface area contributed by atoms with Gasteiger partial charge in [0.05, 0.1) is 32.5 Å². The molecule has 1 heterocycles. The summed E-state index contributed by atoms with van der Waals surface area (Å²) < 4.78 is 16.9. The first-order valence-corrected chi connectivity index (χ1v) is 8.25. The summed E-state index contributed by atoms with van der Waals surface area (Å²) in [6, 6.07) is 0. The lowest BCUT2D eigenvalue weighted by Crippen LogP contribution is -2.40. The molecule has 1 saturated heterocycles. The van der Waals surface area contributed by atoms with Crippen LogP contribution >= 0.6 is 0 Å². The Labute approximate surface area is 123 Å². The first-order valence-electron chi connectivity index (χ1n) is 8.25. The first-order chi connectivity index (χ1) is 9.80. The monoisotopic (exact) mass is 288 g/mol. The standard InChI is InChI=1S/C13H24O4.C3H8/c14-7-12-8-17-13(10-16-12)9-15-11-5-3-1-2-4-6-11;1-3-2/h11-14H,1-10H2;3H2,1-2H3. The van der Waals surface area contributed by atoms with Crippen molar-refractivity contribution >= 4 is 0 Å². The average molecular weight is 288 g/mol. The molecule has 20 heavy (non-hydrogen) atoms. The van der Waals surface area contributed by atoms with E-state index in [0.29, 0.717) is 25.9 Å². The van der Waals surface area contributed by atoms with Gasteiger partial charge in [0.15, 0.2) is 0 Å². The molecular formula is C16H32O4. The second-order valence-corrected chi connectivity index (χ2v) is 5.75. The molecule has 0 bridgehead atoms. The highest BCUT2D eigenvalue weighted by Gasteiger charge is 2.23. The van der Waals surface area contributed by atoms with E-state index in [9.17, 15) is 0 Å². The van der Waals surface area contributed by atoms with Gasteiger partial charge in [0.2, 0.25) is 0 Å². The highest BCUT2D eigenvalue weighted by Crippen LogP contribution is 2.20. The molecule has 0 amide bonds. The lowest BCUT2D eigenvalue weighted by Gasteiger charge is -2.29. The predicted molar refractivity (Wildman–Crippen MR) is 80.0 cm³/mol. The fraction of sp³-hybridized carbons (Fsp3) is 1.00. The summed E-state index contributed by atoms with van der Waals surface area (Å²) in [5.41, 5.74) is 0. The van der Waals surface area contributed by atoms with Crippen molar-refractivity contribution in [3.05, 3.63) is 0 Å². The molecule has 2 aliphatic rings. The second kappa shape index (κ2) is 11.5. The van der Waals surface area contributed by atoms with E-state index in [-0.39, 0.29) is 18.8 Å². The zero-order valence-corrected chi connectivity index (χ0v) is 13.2. The van der Waals surface area contributed by atoms with Crippen LogP contribution in [0.2, 0.25) is 0 Å². The van der Waals surface area contributed by atoms with Gasteiger partial charge in [-0.25, -0.2) is 0 Å². The minimum atomic E-state index is -0.149. The van der Waals surface area contributed by atoms with Crippen molar-refractivity contribution in [2.45, 2.75) is 77.1 Å². The normalized spacial score (nSPS) is 28.4. The number of aliphatic hydroxyl groups is 1. The van der Waals surface area contributed by atoms with Gasteiger partial charge in [-0.3, -0.25) is 0 Å². The van der Waals surface area contributed by atoms with E-state index in [1.165, 1.54) is 44.9 Å². The molecule has 1 N–H and O–H groups in total. The van der Waals surface area contributed by atoms with Gasteiger partial charge in [-0.05, 0) is 12.8 Å². The van der Waals surface area contributed by atoms with Crippen LogP contribution in [-0.2, 0) is 14.2 Å². The molecule has 2 fully saturated rings. The van der Waals surface area contributed by atoms with Gasteiger partial charge >= 0.3 is 0 Å². The van der Waals surface area contributed by atoms with Crippen LogP contribution in [0.5, 0.6) is 0 Å². The molecule has 2 rings (SSSR count). The summed E-state index contributed by atoms with van der Waals surface area (Å²) in [6.07, 6.45) is 9.21. The van der Waals surface area contributed by atoms with Gasteiger partial charge in [-0.15, -0.1) is 0 Å². The van der Waals surface area contributed by atoms with Crippen LogP contribution in [0.15, 0.2) is 0 Å². The number of hydrogen-bond acceptors (Lipinski definition) is 4. The Kier molecular flexibility index (Phi) is 10.3. The van der Waals surface area contributed by atoms with E-state index in [0.717, 1.165) is 0 Å². The van der Waals surface area contributed by atoms with Crippen LogP contribution in [0, 0.1) is 0 Å². The van der Waals surface area contributed by atoms with E-state index < -0.39 is 0 Å². The van der Waals surface area contributed by atoms with Crippen LogP contribution in [0.4, 0.5) is 0 Å². The third-order valence-electron chi connectivity index (χ3n) is 3.56. The molecule has 0 radical (unpaired) electrons. The number of hydrogen-bond donors (Lipinski definition) is 1. The van der Waals surface area contributed by atoms with Crippen molar-refractivity contribution in [2.24, 2.45) is 0 Å². The molecule has 4 nitrogen and oxygen atoms in total. The van der Waals surface area contributed by atoms with Crippen LogP contribution in [0.1, 0.15) is 58.8 Å². The van der Waals surface area contributed by atoms with Gasteiger partial charge < -0.3 is 19.3 Å². The Morgan fingerprint density at radius 1 is 0.950 bits per heavy atom. The van der Waals surface area contributed by atoms with E-state index in [1.54, 1.807) is 0 Å². The largest absolute Gasteiger partial charge is 0.394 e. The van der Waals surface area contributed by atoms with Gasteiger partial charge in [0.1, 0.15) is 12.2 Å². The quantitative estimate of drug-likeness (QED) is 0.808. The molecule has 0 spiro atoms. The summed E-state index contributed by atoms with van der Waals surface area (Å²) >= 11 is 0. The van der Waals surface area contributed by atoms with Crippen LogP contribution in [0.3, 0.4) is 0 Å². The maximum Gasteiger partial charge on any atom is 0.104 e. The van der Waals surface area contributed by atoms with Crippen molar-refractivity contribution in [3.8, 4) is 0 Å². The minimum Gasteiger partial charge on any atom is -0.394 e. The van der Waals surface area contributed by atoms with Crippen LogP contribution in [0.25, 0.3) is 0 Å². The predicted octanol–water partition coefficient (Wildman–Crippen LogP) is 2.92. The molecule has 0 aromatic carbocycles. The summed E-state index contributed by atoms with van der Waals surface area (Å²) in [6.45, 7) is 5.94. The van der Waals surface area contributed by atoms with Gasteiger partial charge in [0.25, 0.3) is 0 Å².